The number of allylic oxidation sites excluding steroid dienone is 2. The van der Waals surface area contributed by atoms with Crippen LogP contribution in [0.1, 0.15) is 40.6 Å². The van der Waals surface area contributed by atoms with Crippen LogP contribution >= 0.6 is 11.6 Å². The Morgan fingerprint density at radius 1 is 1.00 bits per heavy atom. The lowest BCUT2D eigenvalue weighted by molar-refractivity contribution is 0.425. The molecule has 0 amide bonds. The van der Waals surface area contributed by atoms with Crippen LogP contribution in [0, 0.1) is 12.8 Å². The van der Waals surface area contributed by atoms with E-state index in [9.17, 15) is 0 Å². The molecule has 0 fully saturated rings. The normalized spacial score (nSPS) is 22.3. The van der Waals surface area contributed by atoms with E-state index in [0.29, 0.717) is 17.9 Å². The molecule has 1 N–H and O–H groups in total. The van der Waals surface area contributed by atoms with Gasteiger partial charge in [0.25, 0.3) is 0 Å². The molecule has 0 radical (unpaired) electrons. The summed E-state index contributed by atoms with van der Waals surface area (Å²) in [6.45, 7) is 2.17. The van der Waals surface area contributed by atoms with Crippen molar-refractivity contribution in [2.75, 3.05) is 5.32 Å². The average Bonchev–Trinajstić information content (AvgIpc) is 3.24. The molecule has 144 valence electrons. The highest BCUT2D eigenvalue weighted by Gasteiger charge is 2.37. The molecule has 3 aromatic carbocycles. The predicted octanol–water partition coefficient (Wildman–Crippen LogP) is 7.23. The van der Waals surface area contributed by atoms with Crippen LogP contribution < -0.4 is 5.32 Å². The molecule has 2 nitrogen and oxygen atoms in total. The Morgan fingerprint density at radius 3 is 2.59 bits per heavy atom. The number of anilines is 1. The lowest BCUT2D eigenvalue weighted by Crippen LogP contribution is -2.29. The van der Waals surface area contributed by atoms with Gasteiger partial charge in [-0.05, 0) is 66.3 Å². The molecule has 0 aromatic heterocycles. The van der Waals surface area contributed by atoms with E-state index in [4.69, 9.17) is 11.6 Å². The minimum Gasteiger partial charge on any atom is -0.378 e. The molecule has 1 aliphatic heterocycles. The van der Waals surface area contributed by atoms with Crippen LogP contribution in [0.4, 0.5) is 11.4 Å². The maximum Gasteiger partial charge on any atom is 0.0630 e. The van der Waals surface area contributed by atoms with Crippen LogP contribution in [-0.4, -0.2) is 6.21 Å². The van der Waals surface area contributed by atoms with E-state index < -0.39 is 0 Å². The van der Waals surface area contributed by atoms with Gasteiger partial charge in [0, 0.05) is 22.8 Å². The standard InChI is InChI=1S/C26H23ClN2/c1-17-5-14-25-24(15-17)22-3-2-4-23(22)26(29-25)19-8-12-21(13-9-19)28-16-18-6-10-20(27)11-7-18/h2-3,5-16,22-23,26,29H,4H2,1H3/t22-,23+,26-/m0/s1. The third kappa shape index (κ3) is 3.61. The van der Waals surface area contributed by atoms with Crippen LogP contribution in [-0.2, 0) is 0 Å². The molecule has 3 heteroatoms. The number of fused-ring (bicyclic) bond motifs is 3. The van der Waals surface area contributed by atoms with E-state index in [1.54, 1.807) is 0 Å². The molecule has 0 bridgehead atoms. The van der Waals surface area contributed by atoms with E-state index in [0.717, 1.165) is 22.7 Å². The molecule has 3 aromatic rings. The molecule has 3 atom stereocenters. The van der Waals surface area contributed by atoms with Gasteiger partial charge in [0.2, 0.25) is 0 Å². The Hall–Kier alpha value is -2.84. The van der Waals surface area contributed by atoms with E-state index in [1.165, 1.54) is 22.4 Å². The first kappa shape index (κ1) is 18.2. The van der Waals surface area contributed by atoms with Gasteiger partial charge in [-0.1, -0.05) is 65.7 Å². The number of nitrogens with one attached hydrogen (secondary N) is 1. The second-order valence-electron chi connectivity index (χ2n) is 7.97. The number of rotatable bonds is 3. The summed E-state index contributed by atoms with van der Waals surface area (Å²) in [4.78, 5) is 4.60. The van der Waals surface area contributed by atoms with Crippen molar-refractivity contribution < 1.29 is 0 Å². The van der Waals surface area contributed by atoms with Crippen LogP contribution in [0.5, 0.6) is 0 Å². The fourth-order valence-electron chi connectivity index (χ4n) is 4.51. The van der Waals surface area contributed by atoms with Gasteiger partial charge in [-0.3, -0.25) is 4.99 Å². The van der Waals surface area contributed by atoms with E-state index in [1.807, 2.05) is 30.5 Å². The first-order valence-corrected chi connectivity index (χ1v) is 10.5. The Labute approximate surface area is 177 Å². The molecular formula is C26H23ClN2. The molecule has 0 spiro atoms. The van der Waals surface area contributed by atoms with Crippen molar-refractivity contribution >= 4 is 29.2 Å². The summed E-state index contributed by atoms with van der Waals surface area (Å²) in [5.74, 6) is 1.06. The zero-order valence-corrected chi connectivity index (χ0v) is 17.1. The minimum absolute atomic E-state index is 0.319. The topological polar surface area (TPSA) is 24.4 Å². The van der Waals surface area contributed by atoms with Crippen molar-refractivity contribution in [2.45, 2.75) is 25.3 Å². The maximum absolute atomic E-state index is 5.94. The van der Waals surface area contributed by atoms with Gasteiger partial charge in [0.1, 0.15) is 0 Å². The lowest BCUT2D eigenvalue weighted by atomic mass is 9.76. The Kier molecular flexibility index (Phi) is 4.73. The SMILES string of the molecule is Cc1ccc2c(c1)[C@H]1C=CC[C@H]1[C@H](c1ccc(N=Cc3ccc(Cl)cc3)cc1)N2. The minimum atomic E-state index is 0.319. The molecule has 1 heterocycles. The van der Waals surface area contributed by atoms with Gasteiger partial charge < -0.3 is 5.32 Å². The zero-order valence-electron chi connectivity index (χ0n) is 16.3. The molecule has 0 saturated carbocycles. The smallest absolute Gasteiger partial charge is 0.0630 e. The summed E-state index contributed by atoms with van der Waals surface area (Å²) in [5.41, 5.74) is 7.34. The lowest BCUT2D eigenvalue weighted by Gasteiger charge is -2.37. The van der Waals surface area contributed by atoms with Gasteiger partial charge in [0.15, 0.2) is 0 Å². The monoisotopic (exact) mass is 398 g/mol. The molecule has 5 rings (SSSR count). The largest absolute Gasteiger partial charge is 0.378 e. The highest BCUT2D eigenvalue weighted by atomic mass is 35.5. The van der Waals surface area contributed by atoms with Gasteiger partial charge in [-0.25, -0.2) is 0 Å². The number of halogens is 1. The zero-order chi connectivity index (χ0) is 19.8. The third-order valence-corrected chi connectivity index (χ3v) is 6.26. The Balaban J connectivity index is 1.38. The number of hydrogen-bond acceptors (Lipinski definition) is 2. The molecule has 0 unspecified atom stereocenters. The number of benzene rings is 3. The van der Waals surface area contributed by atoms with Crippen molar-refractivity contribution in [1.82, 2.24) is 0 Å². The summed E-state index contributed by atoms with van der Waals surface area (Å²) in [5, 5.41) is 4.54. The molecule has 0 saturated heterocycles. The van der Waals surface area contributed by atoms with Gasteiger partial charge in [-0.15, -0.1) is 0 Å². The average molecular weight is 399 g/mol. The fourth-order valence-corrected chi connectivity index (χ4v) is 4.64. The predicted molar refractivity (Wildman–Crippen MR) is 123 cm³/mol. The van der Waals surface area contributed by atoms with Crippen LogP contribution in [0.2, 0.25) is 5.02 Å². The molecular weight excluding hydrogens is 376 g/mol. The Morgan fingerprint density at radius 2 is 1.79 bits per heavy atom. The highest BCUT2D eigenvalue weighted by Crippen LogP contribution is 2.49. The molecule has 1 aliphatic carbocycles. The first-order valence-electron chi connectivity index (χ1n) is 10.1. The van der Waals surface area contributed by atoms with E-state index in [2.05, 4.69) is 71.8 Å². The number of aliphatic imine (C=N–C) groups is 1. The second kappa shape index (κ2) is 7.53. The van der Waals surface area contributed by atoms with Crippen LogP contribution in [0.3, 0.4) is 0 Å². The summed E-state index contributed by atoms with van der Waals surface area (Å²) in [6, 6.07) is 23.4. The number of aryl methyl sites for hydroxylation is 1. The van der Waals surface area contributed by atoms with Crippen LogP contribution in [0.25, 0.3) is 0 Å². The molecule has 29 heavy (non-hydrogen) atoms. The van der Waals surface area contributed by atoms with E-state index in [-0.39, 0.29) is 0 Å². The third-order valence-electron chi connectivity index (χ3n) is 6.00. The summed E-state index contributed by atoms with van der Waals surface area (Å²) >= 11 is 5.94. The number of hydrogen-bond donors (Lipinski definition) is 1. The van der Waals surface area contributed by atoms with Crippen molar-refractivity contribution in [3.8, 4) is 0 Å². The first-order chi connectivity index (χ1) is 14.2. The fraction of sp³-hybridized carbons (Fsp3) is 0.192. The summed E-state index contributed by atoms with van der Waals surface area (Å²) in [7, 11) is 0. The van der Waals surface area contributed by atoms with Gasteiger partial charge >= 0.3 is 0 Å². The highest BCUT2D eigenvalue weighted by molar-refractivity contribution is 6.30. The van der Waals surface area contributed by atoms with Gasteiger partial charge in [0.05, 0.1) is 11.7 Å². The summed E-state index contributed by atoms with van der Waals surface area (Å²) < 4.78 is 0. The Bertz CT molecular complexity index is 1080. The van der Waals surface area contributed by atoms with E-state index >= 15 is 0 Å². The van der Waals surface area contributed by atoms with Gasteiger partial charge in [-0.2, -0.15) is 0 Å². The summed E-state index contributed by atoms with van der Waals surface area (Å²) in [6.07, 6.45) is 7.72. The quantitative estimate of drug-likeness (QED) is 0.365. The van der Waals surface area contributed by atoms with Crippen molar-refractivity contribution in [1.29, 1.82) is 0 Å². The number of nitrogens with zero attached hydrogens (tertiary/aromatic N) is 1. The van der Waals surface area contributed by atoms with Crippen LogP contribution in [0.15, 0.2) is 83.9 Å². The second-order valence-corrected chi connectivity index (χ2v) is 8.40. The maximum atomic E-state index is 5.94. The van der Waals surface area contributed by atoms with Crippen molar-refractivity contribution in [3.63, 3.8) is 0 Å². The van der Waals surface area contributed by atoms with Crippen molar-refractivity contribution in [3.05, 3.63) is 106 Å². The molecule has 2 aliphatic rings. The van der Waals surface area contributed by atoms with Crippen molar-refractivity contribution in [2.24, 2.45) is 10.9 Å².